The molecule has 0 amide bonds. The number of H-pyrrole nitrogens is 1. The number of aromatic nitrogens is 5. The number of rotatable bonds is 5. The number of nitrogens with zero attached hydrogens (tertiary/aromatic N) is 5. The summed E-state index contributed by atoms with van der Waals surface area (Å²) in [6, 6.07) is 3.15. The molecule has 4 heterocycles. The maximum absolute atomic E-state index is 14.5. The Hall–Kier alpha value is -3.79. The minimum Gasteiger partial charge on any atom is -0.421 e. The Morgan fingerprint density at radius 3 is 2.62 bits per heavy atom. The number of piperidine rings is 1. The van der Waals surface area contributed by atoms with Crippen LogP contribution in [0, 0.1) is 12.7 Å². The third-order valence-electron chi connectivity index (χ3n) is 6.30. The highest BCUT2D eigenvalue weighted by molar-refractivity contribution is 6.14. The number of benzene rings is 1. The van der Waals surface area contributed by atoms with Crippen molar-refractivity contribution in [2.45, 2.75) is 26.7 Å². The van der Waals surface area contributed by atoms with Gasteiger partial charge in [-0.2, -0.15) is 9.97 Å². The van der Waals surface area contributed by atoms with Crippen molar-refractivity contribution >= 4 is 33.4 Å². The molecule has 0 unspecified atom stereocenters. The first-order valence-electron chi connectivity index (χ1n) is 11.3. The quantitative estimate of drug-likeness (QED) is 0.380. The number of anilines is 2. The Kier molecular flexibility index (Phi) is 5.74. The normalized spacial score (nSPS) is 14.1. The molecule has 3 aromatic heterocycles. The summed E-state index contributed by atoms with van der Waals surface area (Å²) in [5.41, 5.74) is 10.5. The summed E-state index contributed by atoms with van der Waals surface area (Å²) in [4.78, 5) is 23.3. The number of ether oxygens (including phenoxy) is 1. The van der Waals surface area contributed by atoms with Gasteiger partial charge < -0.3 is 25.7 Å². The Morgan fingerprint density at radius 2 is 1.94 bits per heavy atom. The lowest BCUT2D eigenvalue weighted by Gasteiger charge is -2.31. The Morgan fingerprint density at radius 1 is 1.21 bits per heavy atom. The fourth-order valence-electron chi connectivity index (χ4n) is 4.39. The standard InChI is InChI=1S/C24H27FN8O/c1-13(10-26)15-4-6-33(7-5-15)23-20-18-8-16(25)9-19(27-3)21(18)30-22(20)31-24(32-23)34-17-11-28-14(2)29-12-17/h8-9,11-12,27H,4-7,10,26H2,1-3H3,(H,30,31,32). The first-order valence-corrected chi connectivity index (χ1v) is 11.3. The molecule has 4 aromatic rings. The van der Waals surface area contributed by atoms with E-state index in [1.807, 2.05) is 0 Å². The van der Waals surface area contributed by atoms with Crippen LogP contribution < -0.4 is 20.7 Å². The maximum atomic E-state index is 14.5. The largest absolute Gasteiger partial charge is 0.421 e. The lowest BCUT2D eigenvalue weighted by atomic mass is 9.98. The molecule has 0 radical (unpaired) electrons. The molecule has 0 spiro atoms. The van der Waals surface area contributed by atoms with Crippen molar-refractivity contribution < 1.29 is 9.13 Å². The van der Waals surface area contributed by atoms with Crippen LogP contribution in [0.4, 0.5) is 15.9 Å². The number of aryl methyl sites for hydroxylation is 1. The average molecular weight is 463 g/mol. The van der Waals surface area contributed by atoms with Crippen LogP contribution in [0.15, 0.2) is 35.7 Å². The highest BCUT2D eigenvalue weighted by Crippen LogP contribution is 2.38. The minimum absolute atomic E-state index is 0.174. The molecule has 1 saturated heterocycles. The first-order chi connectivity index (χ1) is 16.5. The van der Waals surface area contributed by atoms with E-state index >= 15 is 0 Å². The summed E-state index contributed by atoms with van der Waals surface area (Å²) in [6.07, 6.45) is 4.97. The lowest BCUT2D eigenvalue weighted by molar-refractivity contribution is 0.438. The molecule has 0 saturated carbocycles. The van der Waals surface area contributed by atoms with Crippen LogP contribution in [-0.4, -0.2) is 51.6 Å². The summed E-state index contributed by atoms with van der Waals surface area (Å²) in [5.74, 6) is 1.46. The van der Waals surface area contributed by atoms with E-state index in [0.29, 0.717) is 35.3 Å². The zero-order valence-electron chi connectivity index (χ0n) is 19.4. The minimum atomic E-state index is -0.330. The van der Waals surface area contributed by atoms with Crippen molar-refractivity contribution in [1.29, 1.82) is 0 Å². The van der Waals surface area contributed by atoms with Crippen molar-refractivity contribution in [2.24, 2.45) is 5.73 Å². The molecule has 4 N–H and O–H groups in total. The van der Waals surface area contributed by atoms with Gasteiger partial charge in [0.15, 0.2) is 5.75 Å². The van der Waals surface area contributed by atoms with Gasteiger partial charge in [-0.25, -0.2) is 14.4 Å². The second-order valence-corrected chi connectivity index (χ2v) is 8.45. The van der Waals surface area contributed by atoms with E-state index in [1.165, 1.54) is 23.3 Å². The van der Waals surface area contributed by atoms with Crippen LogP contribution >= 0.6 is 0 Å². The topological polar surface area (TPSA) is 118 Å². The highest BCUT2D eigenvalue weighted by atomic mass is 19.1. The third kappa shape index (κ3) is 4.01. The fourth-order valence-corrected chi connectivity index (χ4v) is 4.39. The van der Waals surface area contributed by atoms with Gasteiger partial charge in [-0.05, 0) is 38.8 Å². The van der Waals surface area contributed by atoms with E-state index in [0.717, 1.165) is 42.2 Å². The molecule has 0 aliphatic carbocycles. The van der Waals surface area contributed by atoms with Crippen LogP contribution in [0.2, 0.25) is 0 Å². The zero-order chi connectivity index (χ0) is 23.8. The zero-order valence-corrected chi connectivity index (χ0v) is 19.4. The summed E-state index contributed by atoms with van der Waals surface area (Å²) < 4.78 is 20.4. The molecule has 1 aromatic carbocycles. The van der Waals surface area contributed by atoms with Gasteiger partial charge in [0.05, 0.1) is 29.0 Å². The van der Waals surface area contributed by atoms with E-state index in [9.17, 15) is 4.39 Å². The summed E-state index contributed by atoms with van der Waals surface area (Å²) in [6.45, 7) is 6.00. The first kappa shape index (κ1) is 22.0. The Labute approximate surface area is 196 Å². The van der Waals surface area contributed by atoms with Crippen molar-refractivity contribution in [2.75, 3.05) is 36.9 Å². The van der Waals surface area contributed by atoms with Gasteiger partial charge in [-0.3, -0.25) is 0 Å². The van der Waals surface area contributed by atoms with Crippen LogP contribution in [0.5, 0.6) is 11.8 Å². The van der Waals surface area contributed by atoms with Crippen molar-refractivity contribution in [3.05, 3.63) is 47.3 Å². The molecular weight excluding hydrogens is 435 g/mol. The molecule has 5 rings (SSSR count). The predicted octanol–water partition coefficient (Wildman–Crippen LogP) is 4.06. The molecule has 1 aliphatic rings. The Balaban J connectivity index is 1.64. The number of nitrogens with two attached hydrogens (primary N) is 1. The molecule has 0 bridgehead atoms. The molecule has 1 fully saturated rings. The van der Waals surface area contributed by atoms with Gasteiger partial charge in [0.1, 0.15) is 23.1 Å². The lowest BCUT2D eigenvalue weighted by Crippen LogP contribution is -2.32. The molecule has 10 heteroatoms. The third-order valence-corrected chi connectivity index (χ3v) is 6.30. The molecule has 9 nitrogen and oxygen atoms in total. The maximum Gasteiger partial charge on any atom is 0.326 e. The van der Waals surface area contributed by atoms with Gasteiger partial charge in [0, 0.05) is 32.1 Å². The molecule has 34 heavy (non-hydrogen) atoms. The van der Waals surface area contributed by atoms with E-state index in [4.69, 9.17) is 15.5 Å². The smallest absolute Gasteiger partial charge is 0.326 e. The van der Waals surface area contributed by atoms with Crippen molar-refractivity contribution in [3.63, 3.8) is 0 Å². The monoisotopic (exact) mass is 462 g/mol. The molecular formula is C24H27FN8O. The molecule has 0 atom stereocenters. The van der Waals surface area contributed by atoms with Gasteiger partial charge >= 0.3 is 6.01 Å². The summed E-state index contributed by atoms with van der Waals surface area (Å²) >= 11 is 0. The Bertz CT molecular complexity index is 1390. The second-order valence-electron chi connectivity index (χ2n) is 8.45. The van der Waals surface area contributed by atoms with E-state index < -0.39 is 0 Å². The second kappa shape index (κ2) is 8.86. The van der Waals surface area contributed by atoms with Crippen LogP contribution in [0.25, 0.3) is 21.9 Å². The number of aromatic amines is 1. The van der Waals surface area contributed by atoms with E-state index in [1.54, 1.807) is 26.4 Å². The van der Waals surface area contributed by atoms with Crippen LogP contribution in [-0.2, 0) is 0 Å². The van der Waals surface area contributed by atoms with Gasteiger partial charge in [0.2, 0.25) is 0 Å². The predicted molar refractivity (Wildman–Crippen MR) is 131 cm³/mol. The highest BCUT2D eigenvalue weighted by Gasteiger charge is 2.24. The van der Waals surface area contributed by atoms with E-state index in [2.05, 4.69) is 37.1 Å². The van der Waals surface area contributed by atoms with Gasteiger partial charge in [0.25, 0.3) is 0 Å². The van der Waals surface area contributed by atoms with Crippen molar-refractivity contribution in [3.8, 4) is 11.8 Å². The van der Waals surface area contributed by atoms with Crippen LogP contribution in [0.1, 0.15) is 25.6 Å². The summed E-state index contributed by atoms with van der Waals surface area (Å²) in [7, 11) is 1.76. The number of hydrogen-bond donors (Lipinski definition) is 3. The summed E-state index contributed by atoms with van der Waals surface area (Å²) in [5, 5.41) is 4.54. The SMILES string of the molecule is CNc1cc(F)cc2c1[nH]c1nc(Oc3cnc(C)nc3)nc(N3CCC(=C(C)CN)CC3)c12. The number of hydrogen-bond acceptors (Lipinski definition) is 8. The molecule has 176 valence electrons. The number of nitrogens with one attached hydrogen (secondary N) is 2. The number of fused-ring (bicyclic) bond motifs is 3. The number of halogens is 1. The van der Waals surface area contributed by atoms with Gasteiger partial charge in [-0.15, -0.1) is 0 Å². The van der Waals surface area contributed by atoms with Crippen molar-refractivity contribution in [1.82, 2.24) is 24.9 Å². The van der Waals surface area contributed by atoms with Crippen LogP contribution in [0.3, 0.4) is 0 Å². The molecule has 1 aliphatic heterocycles. The average Bonchev–Trinajstić information content (AvgIpc) is 3.22. The van der Waals surface area contributed by atoms with Gasteiger partial charge in [-0.1, -0.05) is 11.1 Å². The van der Waals surface area contributed by atoms with E-state index in [-0.39, 0.29) is 11.8 Å². The fraction of sp³-hybridized carbons (Fsp3) is 0.333.